The van der Waals surface area contributed by atoms with E-state index in [1.54, 1.807) is 6.92 Å². The third-order valence-electron chi connectivity index (χ3n) is 6.34. The van der Waals surface area contributed by atoms with Crippen molar-refractivity contribution in [3.63, 3.8) is 0 Å². The molecule has 0 bridgehead atoms. The Kier molecular flexibility index (Phi) is 10.7. The Bertz CT molecular complexity index is 1360. The predicted molar refractivity (Wildman–Crippen MR) is 153 cm³/mol. The molecule has 0 saturated carbocycles. The fourth-order valence-corrected chi connectivity index (χ4v) is 5.70. The van der Waals surface area contributed by atoms with Crippen molar-refractivity contribution in [2.45, 2.75) is 50.6 Å². The first-order valence-electron chi connectivity index (χ1n) is 13.1. The summed E-state index contributed by atoms with van der Waals surface area (Å²) in [6.07, 6.45) is 0.806. The van der Waals surface area contributed by atoms with E-state index in [9.17, 15) is 22.4 Å². The number of anilines is 1. The Morgan fingerprint density at radius 3 is 2.12 bits per heavy atom. The van der Waals surface area contributed by atoms with E-state index in [-0.39, 0.29) is 29.1 Å². The fourth-order valence-electron chi connectivity index (χ4n) is 4.29. The number of carbonyl (C=O) groups is 2. The van der Waals surface area contributed by atoms with Crippen molar-refractivity contribution in [3.05, 3.63) is 90.2 Å². The summed E-state index contributed by atoms with van der Waals surface area (Å²) in [6, 6.07) is 19.2. The number of methoxy groups -OCH3 is 1. The molecule has 1 N–H and O–H groups in total. The first kappa shape index (κ1) is 30.6. The molecule has 0 aromatic heterocycles. The van der Waals surface area contributed by atoms with Crippen LogP contribution in [0, 0.1) is 5.82 Å². The zero-order chi connectivity index (χ0) is 29.3. The van der Waals surface area contributed by atoms with E-state index < -0.39 is 34.3 Å². The van der Waals surface area contributed by atoms with Crippen LogP contribution in [0.5, 0.6) is 5.75 Å². The van der Waals surface area contributed by atoms with Gasteiger partial charge in [0.2, 0.25) is 11.8 Å². The van der Waals surface area contributed by atoms with E-state index in [0.717, 1.165) is 22.0 Å². The number of sulfonamides is 1. The monoisotopic (exact) mass is 569 g/mol. The zero-order valence-electron chi connectivity index (χ0n) is 23.2. The molecule has 0 heterocycles. The van der Waals surface area contributed by atoms with Crippen molar-refractivity contribution < 1.29 is 27.1 Å². The normalized spacial score (nSPS) is 12.1. The summed E-state index contributed by atoms with van der Waals surface area (Å²) in [4.78, 5) is 28.4. The average molecular weight is 570 g/mol. The van der Waals surface area contributed by atoms with Crippen molar-refractivity contribution in [1.29, 1.82) is 0 Å². The Morgan fingerprint density at radius 2 is 1.57 bits per heavy atom. The van der Waals surface area contributed by atoms with E-state index >= 15 is 0 Å². The van der Waals surface area contributed by atoms with Crippen LogP contribution in [-0.4, -0.2) is 57.4 Å². The predicted octanol–water partition coefficient (Wildman–Crippen LogP) is 4.40. The lowest BCUT2D eigenvalue weighted by Crippen LogP contribution is -2.54. The van der Waals surface area contributed by atoms with Crippen molar-refractivity contribution >= 4 is 27.5 Å². The van der Waals surface area contributed by atoms with Crippen LogP contribution in [0.15, 0.2) is 83.8 Å². The number of benzene rings is 3. The van der Waals surface area contributed by atoms with Crippen molar-refractivity contribution in [2.75, 3.05) is 24.5 Å². The minimum absolute atomic E-state index is 0.0640. The van der Waals surface area contributed by atoms with E-state index in [0.29, 0.717) is 18.6 Å². The molecule has 0 saturated heterocycles. The van der Waals surface area contributed by atoms with Gasteiger partial charge in [-0.05, 0) is 80.8 Å². The molecule has 214 valence electrons. The molecule has 0 aliphatic heterocycles. The summed E-state index contributed by atoms with van der Waals surface area (Å²) in [7, 11) is -2.78. The van der Waals surface area contributed by atoms with Gasteiger partial charge in [0.25, 0.3) is 10.0 Å². The third-order valence-corrected chi connectivity index (χ3v) is 8.13. The van der Waals surface area contributed by atoms with Gasteiger partial charge >= 0.3 is 0 Å². The Hall–Kier alpha value is -3.92. The molecule has 10 heteroatoms. The highest BCUT2D eigenvalue weighted by Crippen LogP contribution is 2.26. The van der Waals surface area contributed by atoms with Crippen LogP contribution in [-0.2, 0) is 26.0 Å². The van der Waals surface area contributed by atoms with Gasteiger partial charge in [-0.25, -0.2) is 12.8 Å². The number of halogens is 1. The number of hydrogen-bond donors (Lipinski definition) is 1. The van der Waals surface area contributed by atoms with E-state index in [1.165, 1.54) is 48.4 Å². The second-order valence-electron chi connectivity index (χ2n) is 9.57. The lowest BCUT2D eigenvalue weighted by molar-refractivity contribution is -0.139. The molecule has 0 spiro atoms. The second-order valence-corrected chi connectivity index (χ2v) is 11.4. The maximum Gasteiger partial charge on any atom is 0.264 e. The van der Waals surface area contributed by atoms with Crippen molar-refractivity contribution in [1.82, 2.24) is 10.2 Å². The molecule has 3 aromatic rings. The topological polar surface area (TPSA) is 96.0 Å². The molecule has 40 heavy (non-hydrogen) atoms. The quantitative estimate of drug-likeness (QED) is 0.329. The molecule has 2 amide bonds. The molecule has 3 rings (SSSR count). The highest BCUT2D eigenvalue weighted by molar-refractivity contribution is 7.92. The van der Waals surface area contributed by atoms with Gasteiger partial charge in [-0.15, -0.1) is 0 Å². The molecular formula is C30H36FN3O5S. The van der Waals surface area contributed by atoms with Crippen LogP contribution in [0.2, 0.25) is 0 Å². The van der Waals surface area contributed by atoms with Gasteiger partial charge < -0.3 is 15.0 Å². The number of rotatable bonds is 13. The van der Waals surface area contributed by atoms with Gasteiger partial charge in [0, 0.05) is 12.6 Å². The summed E-state index contributed by atoms with van der Waals surface area (Å²) >= 11 is 0. The fraction of sp³-hybridized carbons (Fsp3) is 0.333. The minimum Gasteiger partial charge on any atom is -0.497 e. The van der Waals surface area contributed by atoms with Crippen LogP contribution in [0.3, 0.4) is 0 Å². The molecule has 1 atom stereocenters. The third kappa shape index (κ3) is 7.81. The van der Waals surface area contributed by atoms with Crippen LogP contribution >= 0.6 is 0 Å². The Morgan fingerprint density at radius 1 is 0.950 bits per heavy atom. The highest BCUT2D eigenvalue weighted by atomic mass is 32.2. The van der Waals surface area contributed by atoms with Gasteiger partial charge in [0.05, 0.1) is 17.7 Å². The molecule has 3 aromatic carbocycles. The summed E-state index contributed by atoms with van der Waals surface area (Å²) < 4.78 is 47.5. The molecule has 0 fully saturated rings. The Balaban J connectivity index is 2.00. The molecule has 0 aliphatic carbocycles. The number of carbonyl (C=O) groups excluding carboxylic acids is 2. The molecular weight excluding hydrogens is 533 g/mol. The molecule has 0 unspecified atom stereocenters. The van der Waals surface area contributed by atoms with Gasteiger partial charge in [0.15, 0.2) is 0 Å². The van der Waals surface area contributed by atoms with E-state index in [1.807, 2.05) is 44.2 Å². The van der Waals surface area contributed by atoms with Crippen molar-refractivity contribution in [3.8, 4) is 5.75 Å². The van der Waals surface area contributed by atoms with Gasteiger partial charge in [-0.3, -0.25) is 13.9 Å². The number of hydrogen-bond acceptors (Lipinski definition) is 5. The molecule has 8 nitrogen and oxygen atoms in total. The smallest absolute Gasteiger partial charge is 0.264 e. The van der Waals surface area contributed by atoms with E-state index in [4.69, 9.17) is 4.74 Å². The van der Waals surface area contributed by atoms with Crippen LogP contribution in [0.1, 0.15) is 32.8 Å². The minimum atomic E-state index is -4.25. The first-order chi connectivity index (χ1) is 19.1. The SMILES string of the molecule is CC[C@@H](C(=O)NC(C)C)N(CCc1ccccc1)C(=O)CN(c1ccc(F)cc1)S(=O)(=O)c1ccc(OC)cc1. The lowest BCUT2D eigenvalue weighted by atomic mass is 10.1. The van der Waals surface area contributed by atoms with Crippen LogP contribution in [0.25, 0.3) is 0 Å². The maximum atomic E-state index is 13.9. The van der Waals surface area contributed by atoms with Crippen LogP contribution in [0.4, 0.5) is 10.1 Å². The van der Waals surface area contributed by atoms with E-state index in [2.05, 4.69) is 5.32 Å². The standard InChI is InChI=1S/C30H36FN3O5S/c1-5-28(30(36)32-22(2)3)33(20-19-23-9-7-6-8-10-23)29(35)21-34(25-13-11-24(31)12-14-25)40(37,38)27-17-15-26(39-4)16-18-27/h6-18,22,28H,5,19-21H2,1-4H3,(H,32,36)/t28-/m0/s1. The summed E-state index contributed by atoms with van der Waals surface area (Å²) in [5, 5.41) is 2.87. The van der Waals surface area contributed by atoms with Gasteiger partial charge in [-0.1, -0.05) is 37.3 Å². The summed E-state index contributed by atoms with van der Waals surface area (Å²) in [5.74, 6) is -0.941. The average Bonchev–Trinajstić information content (AvgIpc) is 2.94. The van der Waals surface area contributed by atoms with Gasteiger partial charge in [0.1, 0.15) is 24.2 Å². The lowest BCUT2D eigenvalue weighted by Gasteiger charge is -2.33. The Labute approximate surface area is 235 Å². The number of nitrogens with one attached hydrogen (secondary N) is 1. The zero-order valence-corrected chi connectivity index (χ0v) is 24.0. The maximum absolute atomic E-state index is 13.9. The number of nitrogens with zero attached hydrogens (tertiary/aromatic N) is 2. The molecule has 0 radical (unpaired) electrons. The van der Waals surface area contributed by atoms with Crippen LogP contribution < -0.4 is 14.4 Å². The second kappa shape index (κ2) is 13.9. The van der Waals surface area contributed by atoms with Crippen molar-refractivity contribution in [2.24, 2.45) is 0 Å². The summed E-state index contributed by atoms with van der Waals surface area (Å²) in [5.41, 5.74) is 1.09. The number of ether oxygens (including phenoxy) is 1. The van der Waals surface area contributed by atoms with Gasteiger partial charge in [-0.2, -0.15) is 0 Å². The first-order valence-corrected chi connectivity index (χ1v) is 14.6. The molecule has 0 aliphatic rings. The largest absolute Gasteiger partial charge is 0.497 e. The number of amides is 2. The highest BCUT2D eigenvalue weighted by Gasteiger charge is 2.33. The summed E-state index contributed by atoms with van der Waals surface area (Å²) in [6.45, 7) is 5.09.